The normalized spacial score (nSPS) is 12.2. The fraction of sp³-hybridized carbons (Fsp3) is 0.467. The lowest BCUT2D eigenvalue weighted by atomic mass is 10.0. The van der Waals surface area contributed by atoms with Crippen molar-refractivity contribution in [1.29, 1.82) is 0 Å². The van der Waals surface area contributed by atoms with Gasteiger partial charge in [-0.05, 0) is 36.6 Å². The summed E-state index contributed by atoms with van der Waals surface area (Å²) in [6.45, 7) is 2.14. The molecule has 0 bridgehead atoms. The molecule has 0 saturated carbocycles. The van der Waals surface area contributed by atoms with Crippen LogP contribution in [-0.4, -0.2) is 4.98 Å². The highest BCUT2D eigenvalue weighted by Gasteiger charge is 2.30. The van der Waals surface area contributed by atoms with Crippen LogP contribution in [0.25, 0.3) is 10.9 Å². The highest BCUT2D eigenvalue weighted by molar-refractivity contribution is 5.84. The van der Waals surface area contributed by atoms with Crippen LogP contribution in [0.1, 0.15) is 43.7 Å². The molecule has 19 heavy (non-hydrogen) atoms. The average Bonchev–Trinajstić information content (AvgIpc) is 2.76. The number of aromatic amines is 1. The SMILES string of the molecule is CCCCCCc1c[nH]c2ccc(C(F)(F)F)cc12. The molecule has 0 unspecified atom stereocenters. The summed E-state index contributed by atoms with van der Waals surface area (Å²) in [4.78, 5) is 3.04. The van der Waals surface area contributed by atoms with Gasteiger partial charge in [0.25, 0.3) is 0 Å². The van der Waals surface area contributed by atoms with E-state index < -0.39 is 11.7 Å². The maximum absolute atomic E-state index is 12.7. The predicted octanol–water partition coefficient (Wildman–Crippen LogP) is 5.31. The zero-order chi connectivity index (χ0) is 13.9. The van der Waals surface area contributed by atoms with E-state index in [1.165, 1.54) is 18.6 Å². The van der Waals surface area contributed by atoms with E-state index in [-0.39, 0.29) is 0 Å². The Labute approximate surface area is 110 Å². The van der Waals surface area contributed by atoms with Crippen LogP contribution in [0.4, 0.5) is 13.2 Å². The van der Waals surface area contributed by atoms with Gasteiger partial charge in [-0.3, -0.25) is 0 Å². The van der Waals surface area contributed by atoms with Crippen molar-refractivity contribution in [3.8, 4) is 0 Å². The summed E-state index contributed by atoms with van der Waals surface area (Å²) in [5.41, 5.74) is 1.19. The molecule has 1 aromatic carbocycles. The number of unbranched alkanes of at least 4 members (excludes halogenated alkanes) is 3. The number of hydrogen-bond acceptors (Lipinski definition) is 0. The third-order valence-corrected chi connectivity index (χ3v) is 3.39. The van der Waals surface area contributed by atoms with Gasteiger partial charge in [0.2, 0.25) is 0 Å². The summed E-state index contributed by atoms with van der Waals surface area (Å²) in [5.74, 6) is 0. The molecule has 0 spiro atoms. The number of hydrogen-bond donors (Lipinski definition) is 1. The lowest BCUT2D eigenvalue weighted by Crippen LogP contribution is -2.04. The first-order chi connectivity index (χ1) is 9.02. The fourth-order valence-corrected chi connectivity index (χ4v) is 2.30. The first-order valence-electron chi connectivity index (χ1n) is 6.69. The molecule has 0 aliphatic carbocycles. The number of alkyl halides is 3. The molecular weight excluding hydrogens is 251 g/mol. The van der Waals surface area contributed by atoms with Gasteiger partial charge in [0.15, 0.2) is 0 Å². The number of halogens is 3. The van der Waals surface area contributed by atoms with Crippen molar-refractivity contribution in [2.45, 2.75) is 45.2 Å². The molecular formula is C15H18F3N. The van der Waals surface area contributed by atoms with E-state index in [2.05, 4.69) is 11.9 Å². The Morgan fingerprint density at radius 2 is 1.89 bits per heavy atom. The van der Waals surface area contributed by atoms with E-state index in [9.17, 15) is 13.2 Å². The molecule has 2 rings (SSSR count). The van der Waals surface area contributed by atoms with E-state index in [1.54, 1.807) is 0 Å². The van der Waals surface area contributed by atoms with E-state index in [4.69, 9.17) is 0 Å². The Morgan fingerprint density at radius 3 is 2.58 bits per heavy atom. The van der Waals surface area contributed by atoms with Gasteiger partial charge in [0, 0.05) is 17.1 Å². The van der Waals surface area contributed by atoms with Gasteiger partial charge in [-0.25, -0.2) is 0 Å². The Kier molecular flexibility index (Phi) is 4.17. The summed E-state index contributed by atoms with van der Waals surface area (Å²) in [5, 5.41) is 0.700. The Hall–Kier alpha value is -1.45. The smallest absolute Gasteiger partial charge is 0.361 e. The molecule has 0 radical (unpaired) electrons. The number of nitrogens with one attached hydrogen (secondary N) is 1. The molecule has 0 atom stereocenters. The lowest BCUT2D eigenvalue weighted by Gasteiger charge is -2.07. The quantitative estimate of drug-likeness (QED) is 0.708. The van der Waals surface area contributed by atoms with Crippen LogP contribution in [0.15, 0.2) is 24.4 Å². The minimum Gasteiger partial charge on any atom is -0.361 e. The summed E-state index contributed by atoms with van der Waals surface area (Å²) < 4.78 is 38.1. The first kappa shape index (κ1) is 14.0. The van der Waals surface area contributed by atoms with Gasteiger partial charge in [0.05, 0.1) is 5.56 Å². The molecule has 1 aromatic heterocycles. The number of aromatic nitrogens is 1. The van der Waals surface area contributed by atoms with Gasteiger partial charge < -0.3 is 4.98 Å². The Balaban J connectivity index is 2.20. The third-order valence-electron chi connectivity index (χ3n) is 3.39. The van der Waals surface area contributed by atoms with Crippen molar-refractivity contribution in [3.63, 3.8) is 0 Å². The predicted molar refractivity (Wildman–Crippen MR) is 71.1 cm³/mol. The Morgan fingerprint density at radius 1 is 1.11 bits per heavy atom. The van der Waals surface area contributed by atoms with Crippen molar-refractivity contribution >= 4 is 10.9 Å². The molecule has 0 amide bonds. The van der Waals surface area contributed by atoms with Crippen molar-refractivity contribution < 1.29 is 13.2 Å². The molecule has 0 fully saturated rings. The van der Waals surface area contributed by atoms with Crippen LogP contribution in [-0.2, 0) is 12.6 Å². The summed E-state index contributed by atoms with van der Waals surface area (Å²) in [7, 11) is 0. The second-order valence-corrected chi connectivity index (χ2v) is 4.88. The molecule has 1 nitrogen and oxygen atoms in total. The molecule has 0 aliphatic rings. The maximum Gasteiger partial charge on any atom is 0.416 e. The number of H-pyrrole nitrogens is 1. The second-order valence-electron chi connectivity index (χ2n) is 4.88. The number of benzene rings is 1. The maximum atomic E-state index is 12.7. The van der Waals surface area contributed by atoms with E-state index in [1.807, 2.05) is 6.20 Å². The molecule has 2 aromatic rings. The van der Waals surface area contributed by atoms with Gasteiger partial charge in [0.1, 0.15) is 0 Å². The van der Waals surface area contributed by atoms with Crippen LogP contribution < -0.4 is 0 Å². The van der Waals surface area contributed by atoms with Crippen molar-refractivity contribution in [1.82, 2.24) is 4.98 Å². The summed E-state index contributed by atoms with van der Waals surface area (Å²) in [6, 6.07) is 3.88. The van der Waals surface area contributed by atoms with E-state index in [0.29, 0.717) is 5.39 Å². The summed E-state index contributed by atoms with van der Waals surface area (Å²) in [6.07, 6.45) is 2.88. The minimum absolute atomic E-state index is 0.575. The minimum atomic E-state index is -4.27. The van der Waals surface area contributed by atoms with Crippen LogP contribution >= 0.6 is 0 Å². The number of fused-ring (bicyclic) bond motifs is 1. The van der Waals surface area contributed by atoms with Crippen molar-refractivity contribution in [2.75, 3.05) is 0 Å². The average molecular weight is 269 g/mol. The largest absolute Gasteiger partial charge is 0.416 e. The van der Waals surface area contributed by atoms with Crippen LogP contribution in [0.2, 0.25) is 0 Å². The van der Waals surface area contributed by atoms with Crippen molar-refractivity contribution in [2.24, 2.45) is 0 Å². The van der Waals surface area contributed by atoms with Gasteiger partial charge >= 0.3 is 6.18 Å². The van der Waals surface area contributed by atoms with Crippen LogP contribution in [0.5, 0.6) is 0 Å². The highest BCUT2D eigenvalue weighted by atomic mass is 19.4. The van der Waals surface area contributed by atoms with E-state index in [0.717, 1.165) is 42.8 Å². The third kappa shape index (κ3) is 3.31. The monoisotopic (exact) mass is 269 g/mol. The van der Waals surface area contributed by atoms with E-state index >= 15 is 0 Å². The van der Waals surface area contributed by atoms with Gasteiger partial charge in [-0.1, -0.05) is 26.2 Å². The topological polar surface area (TPSA) is 15.8 Å². The second kappa shape index (κ2) is 5.68. The lowest BCUT2D eigenvalue weighted by molar-refractivity contribution is -0.137. The van der Waals surface area contributed by atoms with Gasteiger partial charge in [-0.15, -0.1) is 0 Å². The molecule has 1 N–H and O–H groups in total. The molecule has 4 heteroatoms. The highest BCUT2D eigenvalue weighted by Crippen LogP contribution is 2.32. The first-order valence-corrected chi connectivity index (χ1v) is 6.69. The Bertz CT molecular complexity index is 540. The van der Waals surface area contributed by atoms with Crippen LogP contribution in [0.3, 0.4) is 0 Å². The fourth-order valence-electron chi connectivity index (χ4n) is 2.30. The molecule has 104 valence electrons. The standard InChI is InChI=1S/C15H18F3N/c1-2-3-4-5-6-11-10-19-14-8-7-12(9-13(11)14)15(16,17)18/h7-10,19H,2-6H2,1H3. The van der Waals surface area contributed by atoms with Crippen LogP contribution in [0, 0.1) is 0 Å². The van der Waals surface area contributed by atoms with Gasteiger partial charge in [-0.2, -0.15) is 13.2 Å². The number of rotatable bonds is 5. The zero-order valence-corrected chi connectivity index (χ0v) is 11.0. The molecule has 0 aliphatic heterocycles. The zero-order valence-electron chi connectivity index (χ0n) is 11.0. The molecule has 1 heterocycles. The van der Waals surface area contributed by atoms with Crippen molar-refractivity contribution in [3.05, 3.63) is 35.5 Å². The number of aryl methyl sites for hydroxylation is 1. The molecule has 0 saturated heterocycles. The summed E-state index contributed by atoms with van der Waals surface area (Å²) >= 11 is 0.